The molecule has 0 amide bonds. The van der Waals surface area contributed by atoms with E-state index in [1.165, 1.54) is 11.1 Å². The molecule has 4 nitrogen and oxygen atoms in total. The molecule has 0 saturated heterocycles. The van der Waals surface area contributed by atoms with Gasteiger partial charge in [0.05, 0.1) is 14.2 Å². The summed E-state index contributed by atoms with van der Waals surface area (Å²) in [5.74, 6) is 1.87. The Morgan fingerprint density at radius 2 is 1.92 bits per heavy atom. The van der Waals surface area contributed by atoms with E-state index in [1.54, 1.807) is 20.3 Å². The molecule has 3 rings (SSSR count). The van der Waals surface area contributed by atoms with E-state index >= 15 is 0 Å². The molecule has 1 heterocycles. The summed E-state index contributed by atoms with van der Waals surface area (Å²) < 4.78 is 10.6. The van der Waals surface area contributed by atoms with E-state index in [4.69, 9.17) is 9.47 Å². The molecule has 0 aromatic heterocycles. The molecule has 1 aliphatic rings. The van der Waals surface area contributed by atoms with Crippen molar-refractivity contribution in [1.29, 1.82) is 0 Å². The van der Waals surface area contributed by atoms with Crippen LogP contribution in [-0.4, -0.2) is 32.1 Å². The van der Waals surface area contributed by atoms with Gasteiger partial charge in [0.1, 0.15) is 5.75 Å². The van der Waals surface area contributed by atoms with Crippen molar-refractivity contribution in [3.8, 4) is 17.2 Å². The number of benzene rings is 2. The third-order valence-corrected chi connectivity index (χ3v) is 4.59. The van der Waals surface area contributed by atoms with Gasteiger partial charge in [0, 0.05) is 12.8 Å². The van der Waals surface area contributed by atoms with E-state index in [1.807, 2.05) is 18.3 Å². The van der Waals surface area contributed by atoms with Crippen LogP contribution in [0.2, 0.25) is 0 Å². The molecule has 1 N–H and O–H groups in total. The molecule has 1 atom stereocenters. The highest BCUT2D eigenvalue weighted by molar-refractivity contribution is 5.83. The Bertz CT molecular complexity index is 768. The summed E-state index contributed by atoms with van der Waals surface area (Å²) in [4.78, 5) is 4.56. The standard InChI is InChI=1S/C20H23NO3/c1-13-8-15-10-19(22)20(24-3)11-16(15)12-21-7-6-14-9-17(23-2)4-5-18(13)14/h4-5,9-13,22H,6-8H2,1-3H3/b21-12+/t13-/m0/s1. The Morgan fingerprint density at radius 1 is 1.08 bits per heavy atom. The number of aromatic hydroxyl groups is 1. The number of hydrogen-bond acceptors (Lipinski definition) is 4. The van der Waals surface area contributed by atoms with Crippen LogP contribution in [0.1, 0.15) is 35.1 Å². The first kappa shape index (κ1) is 16.4. The van der Waals surface area contributed by atoms with Crippen molar-refractivity contribution in [3.63, 3.8) is 0 Å². The van der Waals surface area contributed by atoms with E-state index in [0.29, 0.717) is 11.7 Å². The van der Waals surface area contributed by atoms with Gasteiger partial charge in [-0.3, -0.25) is 4.99 Å². The van der Waals surface area contributed by atoms with Crippen LogP contribution in [0, 0.1) is 0 Å². The van der Waals surface area contributed by atoms with E-state index < -0.39 is 0 Å². The largest absolute Gasteiger partial charge is 0.504 e. The molecule has 0 fully saturated rings. The topological polar surface area (TPSA) is 51.0 Å². The molecule has 1 aliphatic heterocycles. The summed E-state index contributed by atoms with van der Waals surface area (Å²) in [5.41, 5.74) is 4.68. The van der Waals surface area contributed by atoms with Gasteiger partial charge in [-0.25, -0.2) is 0 Å². The summed E-state index contributed by atoms with van der Waals surface area (Å²) in [6, 6.07) is 9.91. The fraction of sp³-hybridized carbons (Fsp3) is 0.350. The average Bonchev–Trinajstić information content (AvgIpc) is 2.59. The van der Waals surface area contributed by atoms with Crippen molar-refractivity contribution < 1.29 is 14.6 Å². The number of rotatable bonds is 2. The molecule has 0 spiro atoms. The van der Waals surface area contributed by atoms with Crippen molar-refractivity contribution in [1.82, 2.24) is 0 Å². The SMILES string of the molecule is COc1ccc2c(c1)CC/N=C/c1cc(OC)c(O)cc1C[C@@H]2C. The zero-order valence-electron chi connectivity index (χ0n) is 14.4. The molecule has 0 unspecified atom stereocenters. The third-order valence-electron chi connectivity index (χ3n) is 4.59. The van der Waals surface area contributed by atoms with Crippen molar-refractivity contribution in [2.24, 2.45) is 4.99 Å². The average molecular weight is 325 g/mol. The number of hydrogen-bond donors (Lipinski definition) is 1. The van der Waals surface area contributed by atoms with E-state index in [2.05, 4.69) is 24.0 Å². The minimum Gasteiger partial charge on any atom is -0.504 e. The summed E-state index contributed by atoms with van der Waals surface area (Å²) >= 11 is 0. The molecule has 4 heteroatoms. The highest BCUT2D eigenvalue weighted by Crippen LogP contribution is 2.33. The number of methoxy groups -OCH3 is 2. The Labute approximate surface area is 142 Å². The second-order valence-electron chi connectivity index (χ2n) is 6.18. The lowest BCUT2D eigenvalue weighted by Crippen LogP contribution is -2.08. The Balaban J connectivity index is 2.03. The van der Waals surface area contributed by atoms with E-state index in [9.17, 15) is 5.11 Å². The van der Waals surface area contributed by atoms with E-state index in [-0.39, 0.29) is 5.75 Å². The van der Waals surface area contributed by atoms with Gasteiger partial charge in [-0.1, -0.05) is 13.0 Å². The number of aliphatic imine (C=N–C) groups is 1. The van der Waals surface area contributed by atoms with Crippen LogP contribution >= 0.6 is 0 Å². The summed E-state index contributed by atoms with van der Waals surface area (Å²) in [7, 11) is 3.25. The van der Waals surface area contributed by atoms with Crippen LogP contribution in [0.4, 0.5) is 0 Å². The quantitative estimate of drug-likeness (QED) is 0.915. The summed E-state index contributed by atoms with van der Waals surface area (Å²) in [5, 5.41) is 10.1. The molecule has 2 aromatic rings. The fourth-order valence-corrected chi connectivity index (χ4v) is 3.28. The molecule has 0 saturated carbocycles. The van der Waals surface area contributed by atoms with Crippen molar-refractivity contribution in [2.45, 2.75) is 25.7 Å². The molecule has 0 aliphatic carbocycles. The monoisotopic (exact) mass is 325 g/mol. The fourth-order valence-electron chi connectivity index (χ4n) is 3.28. The van der Waals surface area contributed by atoms with Gasteiger partial charge in [0.15, 0.2) is 11.5 Å². The minimum absolute atomic E-state index is 0.170. The zero-order chi connectivity index (χ0) is 17.1. The number of ether oxygens (including phenoxy) is 2. The Hall–Kier alpha value is -2.49. The highest BCUT2D eigenvalue weighted by Gasteiger charge is 2.17. The van der Waals surface area contributed by atoms with Crippen LogP contribution in [0.15, 0.2) is 35.3 Å². The maximum atomic E-state index is 10.1. The third kappa shape index (κ3) is 3.23. The predicted molar refractivity (Wildman–Crippen MR) is 95.9 cm³/mol. The molecular formula is C20H23NO3. The molecule has 2 aromatic carbocycles. The summed E-state index contributed by atoms with van der Waals surface area (Å²) in [6.07, 6.45) is 3.60. The summed E-state index contributed by atoms with van der Waals surface area (Å²) in [6.45, 7) is 2.94. The van der Waals surface area contributed by atoms with Crippen LogP contribution in [0.25, 0.3) is 0 Å². The number of phenols is 1. The van der Waals surface area contributed by atoms with Crippen molar-refractivity contribution >= 4 is 6.21 Å². The van der Waals surface area contributed by atoms with Crippen LogP contribution in [0.3, 0.4) is 0 Å². The first-order valence-corrected chi connectivity index (χ1v) is 8.19. The Morgan fingerprint density at radius 3 is 2.67 bits per heavy atom. The maximum Gasteiger partial charge on any atom is 0.161 e. The predicted octanol–water partition coefficient (Wildman–Crippen LogP) is 3.73. The number of nitrogens with zero attached hydrogens (tertiary/aromatic N) is 1. The molecule has 0 radical (unpaired) electrons. The Kier molecular flexibility index (Phi) is 4.74. The number of fused-ring (bicyclic) bond motifs is 2. The van der Waals surface area contributed by atoms with Crippen LogP contribution in [-0.2, 0) is 12.8 Å². The normalized spacial score (nSPS) is 18.2. The molecule has 0 bridgehead atoms. The van der Waals surface area contributed by atoms with Crippen molar-refractivity contribution in [2.75, 3.05) is 20.8 Å². The van der Waals surface area contributed by atoms with Gasteiger partial charge < -0.3 is 14.6 Å². The smallest absolute Gasteiger partial charge is 0.161 e. The maximum absolute atomic E-state index is 10.1. The first-order chi connectivity index (χ1) is 11.6. The minimum atomic E-state index is 0.170. The second kappa shape index (κ2) is 6.95. The van der Waals surface area contributed by atoms with Gasteiger partial charge in [-0.15, -0.1) is 0 Å². The van der Waals surface area contributed by atoms with Crippen LogP contribution < -0.4 is 9.47 Å². The van der Waals surface area contributed by atoms with Gasteiger partial charge in [-0.05, 0) is 65.3 Å². The lowest BCUT2D eigenvalue weighted by atomic mass is 9.87. The van der Waals surface area contributed by atoms with Gasteiger partial charge >= 0.3 is 0 Å². The molecular weight excluding hydrogens is 302 g/mol. The van der Waals surface area contributed by atoms with E-state index in [0.717, 1.165) is 36.3 Å². The van der Waals surface area contributed by atoms with Crippen LogP contribution in [0.5, 0.6) is 17.2 Å². The number of phenolic OH excluding ortho intramolecular Hbond substituents is 1. The van der Waals surface area contributed by atoms with Gasteiger partial charge in [0.25, 0.3) is 0 Å². The molecule has 24 heavy (non-hydrogen) atoms. The lowest BCUT2D eigenvalue weighted by molar-refractivity contribution is 0.373. The van der Waals surface area contributed by atoms with Gasteiger partial charge in [0.2, 0.25) is 0 Å². The molecule has 126 valence electrons. The second-order valence-corrected chi connectivity index (χ2v) is 6.18. The van der Waals surface area contributed by atoms with Gasteiger partial charge in [-0.2, -0.15) is 0 Å². The first-order valence-electron chi connectivity index (χ1n) is 8.19. The zero-order valence-corrected chi connectivity index (χ0v) is 14.4. The highest BCUT2D eigenvalue weighted by atomic mass is 16.5. The lowest BCUT2D eigenvalue weighted by Gasteiger charge is -2.20. The van der Waals surface area contributed by atoms with Crippen molar-refractivity contribution in [3.05, 3.63) is 52.6 Å².